The number of carbonyl (C=O) groups excluding carboxylic acids is 4. The van der Waals surface area contributed by atoms with Gasteiger partial charge < -0.3 is 14.8 Å². The molecule has 3 amide bonds. The predicted octanol–water partition coefficient (Wildman–Crippen LogP) is 1.52. The number of hydrogen-bond donors (Lipinski definition) is 2. The quantitative estimate of drug-likeness (QED) is 0.648. The zero-order valence-corrected chi connectivity index (χ0v) is 15.8. The predicted molar refractivity (Wildman–Crippen MR) is 94.4 cm³/mol. The Morgan fingerprint density at radius 1 is 0.963 bits per heavy atom. The smallest absolute Gasteiger partial charge is 0.413 e. The van der Waals surface area contributed by atoms with Crippen LogP contribution in [0.3, 0.4) is 0 Å². The van der Waals surface area contributed by atoms with E-state index in [0.717, 1.165) is 19.3 Å². The van der Waals surface area contributed by atoms with E-state index in [4.69, 9.17) is 4.74 Å². The maximum absolute atomic E-state index is 12.7. The van der Waals surface area contributed by atoms with Crippen molar-refractivity contribution in [3.8, 4) is 0 Å². The van der Waals surface area contributed by atoms with Gasteiger partial charge >= 0.3 is 12.1 Å². The van der Waals surface area contributed by atoms with Gasteiger partial charge in [0.2, 0.25) is 5.91 Å². The molecule has 8 nitrogen and oxygen atoms in total. The normalized spacial score (nSPS) is 30.5. The lowest BCUT2D eigenvalue weighted by Gasteiger charge is -2.55. The number of amides is 3. The fraction of sp³-hybridized carbons (Fsp3) is 0.789. The summed E-state index contributed by atoms with van der Waals surface area (Å²) in [6.07, 6.45) is 5.86. The average molecular weight is 380 g/mol. The Morgan fingerprint density at radius 2 is 1.56 bits per heavy atom. The molecule has 0 aromatic carbocycles. The van der Waals surface area contributed by atoms with Crippen LogP contribution in [0.4, 0.5) is 4.79 Å². The minimum Gasteiger partial charge on any atom is -0.456 e. The molecule has 4 saturated carbocycles. The Hall–Kier alpha value is -2.12. The Morgan fingerprint density at radius 3 is 2.11 bits per heavy atom. The molecule has 0 unspecified atom stereocenters. The van der Waals surface area contributed by atoms with E-state index in [-0.39, 0.29) is 30.9 Å². The number of imide groups is 1. The molecule has 0 saturated heterocycles. The molecule has 150 valence electrons. The summed E-state index contributed by atoms with van der Waals surface area (Å²) < 4.78 is 9.36. The third-order valence-electron chi connectivity index (χ3n) is 6.02. The zero-order chi connectivity index (χ0) is 19.4. The van der Waals surface area contributed by atoms with Crippen LogP contribution < -0.4 is 10.6 Å². The van der Waals surface area contributed by atoms with Crippen molar-refractivity contribution in [1.82, 2.24) is 10.6 Å². The lowest BCUT2D eigenvalue weighted by Crippen LogP contribution is -2.53. The van der Waals surface area contributed by atoms with Gasteiger partial charge in [0.25, 0.3) is 5.91 Å². The van der Waals surface area contributed by atoms with Gasteiger partial charge in [-0.05, 0) is 63.2 Å². The summed E-state index contributed by atoms with van der Waals surface area (Å²) in [7, 11) is 0. The summed E-state index contributed by atoms with van der Waals surface area (Å²) in [4.78, 5) is 46.9. The van der Waals surface area contributed by atoms with Crippen molar-refractivity contribution in [1.29, 1.82) is 0 Å². The Kier molecular flexibility index (Phi) is 6.01. The lowest BCUT2D eigenvalue weighted by atomic mass is 9.49. The summed E-state index contributed by atoms with van der Waals surface area (Å²) in [5.41, 5.74) is -0.238. The standard InChI is InChI=1S/C19H28N2O6/c1-2-26-18(25)21-15(22)11-27-16(23)3-4-20-17(24)19-8-12-5-13(9-19)7-14(6-12)10-19/h12-14H,2-11H2,1H3,(H,20,24)(H,21,22,25). The highest BCUT2D eigenvalue weighted by molar-refractivity contribution is 5.93. The molecular weight excluding hydrogens is 352 g/mol. The molecule has 2 N–H and O–H groups in total. The number of alkyl carbamates (subject to hydrolysis) is 1. The zero-order valence-electron chi connectivity index (χ0n) is 15.8. The van der Waals surface area contributed by atoms with Gasteiger partial charge in [0.1, 0.15) is 0 Å². The van der Waals surface area contributed by atoms with Crippen molar-refractivity contribution in [3.63, 3.8) is 0 Å². The highest BCUT2D eigenvalue weighted by atomic mass is 16.6. The molecule has 0 radical (unpaired) electrons. The number of rotatable bonds is 7. The number of hydrogen-bond acceptors (Lipinski definition) is 6. The third-order valence-corrected chi connectivity index (χ3v) is 6.02. The van der Waals surface area contributed by atoms with Crippen molar-refractivity contribution in [2.45, 2.75) is 51.9 Å². The molecule has 4 aliphatic carbocycles. The van der Waals surface area contributed by atoms with E-state index in [2.05, 4.69) is 10.1 Å². The molecule has 0 atom stereocenters. The number of esters is 1. The van der Waals surface area contributed by atoms with E-state index in [0.29, 0.717) is 17.8 Å². The van der Waals surface area contributed by atoms with Crippen LogP contribution in [0.5, 0.6) is 0 Å². The molecule has 27 heavy (non-hydrogen) atoms. The van der Waals surface area contributed by atoms with Gasteiger partial charge in [-0.15, -0.1) is 0 Å². The molecular formula is C19H28N2O6. The molecule has 0 spiro atoms. The van der Waals surface area contributed by atoms with Gasteiger partial charge in [-0.2, -0.15) is 0 Å². The first-order valence-electron chi connectivity index (χ1n) is 9.80. The molecule has 0 heterocycles. The monoisotopic (exact) mass is 380 g/mol. The Bertz CT molecular complexity index is 582. The topological polar surface area (TPSA) is 111 Å². The van der Waals surface area contributed by atoms with E-state index in [1.807, 2.05) is 5.32 Å². The summed E-state index contributed by atoms with van der Waals surface area (Å²) in [6.45, 7) is 1.39. The average Bonchev–Trinajstić information content (AvgIpc) is 2.59. The van der Waals surface area contributed by atoms with Crippen LogP contribution in [-0.2, 0) is 23.9 Å². The summed E-state index contributed by atoms with van der Waals surface area (Å²) in [5, 5.41) is 4.83. The molecule has 4 fully saturated rings. The first-order valence-corrected chi connectivity index (χ1v) is 9.80. The van der Waals surface area contributed by atoms with E-state index in [9.17, 15) is 19.2 Å². The third kappa shape index (κ3) is 4.78. The molecule has 4 bridgehead atoms. The van der Waals surface area contributed by atoms with Gasteiger partial charge in [0.05, 0.1) is 13.0 Å². The van der Waals surface area contributed by atoms with E-state index in [1.54, 1.807) is 6.92 Å². The van der Waals surface area contributed by atoms with Crippen LogP contribution >= 0.6 is 0 Å². The van der Waals surface area contributed by atoms with Gasteiger partial charge in [-0.1, -0.05) is 0 Å². The van der Waals surface area contributed by atoms with Gasteiger partial charge in [-0.3, -0.25) is 19.7 Å². The van der Waals surface area contributed by atoms with E-state index >= 15 is 0 Å². The first kappa shape index (κ1) is 19.6. The highest BCUT2D eigenvalue weighted by Gasteiger charge is 2.54. The van der Waals surface area contributed by atoms with E-state index in [1.165, 1.54) is 19.3 Å². The van der Waals surface area contributed by atoms with E-state index < -0.39 is 24.6 Å². The summed E-state index contributed by atoms with van der Waals surface area (Å²) in [6, 6.07) is 0. The van der Waals surface area contributed by atoms with Crippen molar-refractivity contribution in [2.24, 2.45) is 23.2 Å². The van der Waals surface area contributed by atoms with Gasteiger partial charge in [-0.25, -0.2) is 4.79 Å². The molecule has 0 aromatic heterocycles. The Balaban J connectivity index is 1.35. The minimum absolute atomic E-state index is 0.00913. The number of carbonyl (C=O) groups is 4. The van der Waals surface area contributed by atoms with Crippen LogP contribution in [0, 0.1) is 23.2 Å². The lowest BCUT2D eigenvalue weighted by molar-refractivity contribution is -0.149. The number of nitrogens with one attached hydrogen (secondary N) is 2. The second-order valence-electron chi connectivity index (χ2n) is 8.13. The second-order valence-corrected chi connectivity index (χ2v) is 8.13. The summed E-state index contributed by atoms with van der Waals surface area (Å²) >= 11 is 0. The maximum Gasteiger partial charge on any atom is 0.413 e. The Labute approximate surface area is 158 Å². The summed E-state index contributed by atoms with van der Waals surface area (Å²) in [5.74, 6) is 0.772. The molecule has 4 rings (SSSR count). The molecule has 0 aliphatic heterocycles. The minimum atomic E-state index is -0.874. The largest absolute Gasteiger partial charge is 0.456 e. The van der Waals surface area contributed by atoms with Crippen molar-refractivity contribution in [2.75, 3.05) is 19.8 Å². The highest BCUT2D eigenvalue weighted by Crippen LogP contribution is 2.60. The van der Waals surface area contributed by atoms with Gasteiger partial charge in [0.15, 0.2) is 6.61 Å². The van der Waals surface area contributed by atoms with Crippen LogP contribution in [0.25, 0.3) is 0 Å². The molecule has 0 aromatic rings. The SMILES string of the molecule is CCOC(=O)NC(=O)COC(=O)CCNC(=O)C12CC3CC(CC(C3)C1)C2. The number of ether oxygens (including phenoxy) is 2. The second kappa shape index (κ2) is 8.27. The van der Waals surface area contributed by atoms with Crippen LogP contribution in [-0.4, -0.2) is 43.6 Å². The van der Waals surface area contributed by atoms with Crippen LogP contribution in [0.2, 0.25) is 0 Å². The fourth-order valence-corrected chi connectivity index (χ4v) is 5.39. The van der Waals surface area contributed by atoms with Crippen LogP contribution in [0.15, 0.2) is 0 Å². The first-order chi connectivity index (χ1) is 12.9. The molecule has 8 heteroatoms. The fourth-order valence-electron chi connectivity index (χ4n) is 5.39. The van der Waals surface area contributed by atoms with Crippen molar-refractivity contribution >= 4 is 23.9 Å². The van der Waals surface area contributed by atoms with Crippen LogP contribution in [0.1, 0.15) is 51.9 Å². The van der Waals surface area contributed by atoms with Gasteiger partial charge in [0, 0.05) is 12.0 Å². The van der Waals surface area contributed by atoms with Crippen molar-refractivity contribution in [3.05, 3.63) is 0 Å². The molecule has 4 aliphatic rings. The maximum atomic E-state index is 12.7. The van der Waals surface area contributed by atoms with Crippen molar-refractivity contribution < 1.29 is 28.7 Å².